The van der Waals surface area contributed by atoms with Crippen LogP contribution in [-0.2, 0) is 9.59 Å². The molecule has 2 amide bonds. The van der Waals surface area contributed by atoms with E-state index in [0.717, 1.165) is 3.57 Å². The molecule has 1 aromatic heterocycles. The molecular formula is C27H23IN4O4S. The van der Waals surface area contributed by atoms with Gasteiger partial charge in [-0.15, -0.1) is 0 Å². The summed E-state index contributed by atoms with van der Waals surface area (Å²) in [4.78, 5) is 26.1. The monoisotopic (exact) mass is 626 g/mol. The van der Waals surface area contributed by atoms with Crippen molar-refractivity contribution in [3.05, 3.63) is 98.1 Å². The third-order valence-electron chi connectivity index (χ3n) is 5.55. The summed E-state index contributed by atoms with van der Waals surface area (Å²) in [6.45, 7) is 1.76. The van der Waals surface area contributed by atoms with Crippen molar-refractivity contribution in [3.63, 3.8) is 0 Å². The number of nitrogens with zero attached hydrogens (tertiary/aromatic N) is 1. The molecule has 1 aliphatic rings. The number of halogens is 1. The lowest BCUT2D eigenvalue weighted by molar-refractivity contribution is -0.114. The van der Waals surface area contributed by atoms with Gasteiger partial charge in [0.2, 0.25) is 5.91 Å². The van der Waals surface area contributed by atoms with Crippen LogP contribution in [0.2, 0.25) is 0 Å². The molecule has 3 N–H and O–H groups in total. The maximum Gasteiger partial charge on any atom is 0.254 e. The Morgan fingerprint density at radius 3 is 2.57 bits per heavy atom. The maximum absolute atomic E-state index is 13.5. The smallest absolute Gasteiger partial charge is 0.254 e. The molecule has 0 spiro atoms. The molecule has 0 aliphatic carbocycles. The summed E-state index contributed by atoms with van der Waals surface area (Å²) in [7, 11) is 1.53. The van der Waals surface area contributed by atoms with Crippen molar-refractivity contribution >= 4 is 57.5 Å². The second-order valence-electron chi connectivity index (χ2n) is 7.96. The largest absolute Gasteiger partial charge is 0.495 e. The zero-order valence-corrected chi connectivity index (χ0v) is 23.0. The van der Waals surface area contributed by atoms with Gasteiger partial charge in [-0.25, -0.2) is 0 Å². The number of benzene rings is 2. The molecule has 8 nitrogen and oxygen atoms in total. The molecule has 0 unspecified atom stereocenters. The molecule has 0 bridgehead atoms. The van der Waals surface area contributed by atoms with Crippen LogP contribution in [-0.4, -0.2) is 24.7 Å². The highest BCUT2D eigenvalue weighted by Crippen LogP contribution is 2.41. The number of anilines is 2. The fraction of sp³-hybridized carbons (Fsp3) is 0.148. The standard InChI is InChI=1S/C27H23IN4O4S/c1-16-24(26(34)32-20-6-3-4-7-21(20)35-2)25(22-8-5-13-36-22)19(14-29)27(30-16)37-15-23(33)31-18-11-9-17(28)10-12-18/h3-13,25,30H,15H2,1-2H3,(H,31,33)(H,32,34)/t25-/m0/s1. The van der Waals surface area contributed by atoms with E-state index in [-0.39, 0.29) is 17.2 Å². The topological polar surface area (TPSA) is 116 Å². The summed E-state index contributed by atoms with van der Waals surface area (Å²) in [6, 6.07) is 20.2. The normalized spacial score (nSPS) is 15.0. The average Bonchev–Trinajstić information content (AvgIpc) is 3.43. The van der Waals surface area contributed by atoms with E-state index >= 15 is 0 Å². The second kappa shape index (κ2) is 12.0. The number of carbonyl (C=O) groups excluding carboxylic acids is 2. The fourth-order valence-corrected chi connectivity index (χ4v) is 5.12. The third-order valence-corrected chi connectivity index (χ3v) is 7.29. The molecule has 4 rings (SSSR count). The van der Waals surface area contributed by atoms with Gasteiger partial charge in [0.25, 0.3) is 5.91 Å². The van der Waals surface area contributed by atoms with Gasteiger partial charge < -0.3 is 25.1 Å². The fourth-order valence-electron chi connectivity index (χ4n) is 3.87. The van der Waals surface area contributed by atoms with Crippen LogP contribution in [0, 0.1) is 14.9 Å². The number of thioether (sulfide) groups is 1. The van der Waals surface area contributed by atoms with Crippen molar-refractivity contribution < 1.29 is 18.7 Å². The van der Waals surface area contributed by atoms with E-state index < -0.39 is 11.8 Å². The summed E-state index contributed by atoms with van der Waals surface area (Å²) >= 11 is 3.39. The van der Waals surface area contributed by atoms with E-state index in [1.807, 2.05) is 30.3 Å². The molecular weight excluding hydrogens is 603 g/mol. The summed E-state index contributed by atoms with van der Waals surface area (Å²) in [5.74, 6) is -0.334. The van der Waals surface area contributed by atoms with E-state index in [0.29, 0.717) is 39.2 Å². The number of methoxy groups -OCH3 is 1. The quantitative estimate of drug-likeness (QED) is 0.279. The second-order valence-corrected chi connectivity index (χ2v) is 10.2. The predicted molar refractivity (Wildman–Crippen MR) is 152 cm³/mol. The molecule has 1 aliphatic heterocycles. The van der Waals surface area contributed by atoms with Gasteiger partial charge in [-0.3, -0.25) is 9.59 Å². The summed E-state index contributed by atoms with van der Waals surface area (Å²) in [6.07, 6.45) is 1.50. The van der Waals surface area contributed by atoms with E-state index in [1.54, 1.807) is 37.3 Å². The molecule has 2 heterocycles. The van der Waals surface area contributed by atoms with Gasteiger partial charge >= 0.3 is 0 Å². The average molecular weight is 626 g/mol. The molecule has 0 saturated carbocycles. The first-order valence-electron chi connectivity index (χ1n) is 11.2. The molecule has 0 saturated heterocycles. The molecule has 37 heavy (non-hydrogen) atoms. The number of para-hydroxylation sites is 2. The first-order chi connectivity index (χ1) is 17.9. The Labute approximate surface area is 232 Å². The minimum absolute atomic E-state index is 0.0698. The zero-order chi connectivity index (χ0) is 26.4. The SMILES string of the molecule is COc1ccccc1NC(=O)C1=C(C)NC(SCC(=O)Nc2ccc(I)cc2)=C(C#N)[C@H]1c1ccco1. The molecule has 188 valence electrons. The highest BCUT2D eigenvalue weighted by Gasteiger charge is 2.36. The predicted octanol–water partition coefficient (Wildman–Crippen LogP) is 5.60. The van der Waals surface area contributed by atoms with Crippen LogP contribution < -0.4 is 20.7 Å². The van der Waals surface area contributed by atoms with Crippen LogP contribution in [0.4, 0.5) is 11.4 Å². The maximum atomic E-state index is 13.5. The molecule has 1 atom stereocenters. The number of nitriles is 1. The zero-order valence-electron chi connectivity index (χ0n) is 20.0. The molecule has 0 radical (unpaired) electrons. The van der Waals surface area contributed by atoms with Crippen molar-refractivity contribution in [2.75, 3.05) is 23.5 Å². The van der Waals surface area contributed by atoms with Gasteiger partial charge in [-0.05, 0) is 78.0 Å². The van der Waals surface area contributed by atoms with Crippen LogP contribution in [0.25, 0.3) is 0 Å². The number of nitrogens with one attached hydrogen (secondary N) is 3. The van der Waals surface area contributed by atoms with E-state index in [2.05, 4.69) is 44.6 Å². The van der Waals surface area contributed by atoms with Gasteiger partial charge in [0.15, 0.2) is 0 Å². The van der Waals surface area contributed by atoms with Crippen molar-refractivity contribution in [3.8, 4) is 11.8 Å². The molecule has 2 aromatic carbocycles. The first-order valence-corrected chi connectivity index (χ1v) is 13.3. The third kappa shape index (κ3) is 6.18. The van der Waals surface area contributed by atoms with Gasteiger partial charge in [-0.2, -0.15) is 5.26 Å². The van der Waals surface area contributed by atoms with Crippen LogP contribution in [0.5, 0.6) is 5.75 Å². The summed E-state index contributed by atoms with van der Waals surface area (Å²) in [5, 5.41) is 19.5. The number of hydrogen-bond donors (Lipinski definition) is 3. The minimum Gasteiger partial charge on any atom is -0.495 e. The Balaban J connectivity index is 1.59. The van der Waals surface area contributed by atoms with Crippen LogP contribution >= 0.6 is 34.4 Å². The van der Waals surface area contributed by atoms with Crippen molar-refractivity contribution in [1.82, 2.24) is 5.32 Å². The molecule has 3 aromatic rings. The highest BCUT2D eigenvalue weighted by molar-refractivity contribution is 14.1. The number of dihydropyridines is 1. The van der Waals surface area contributed by atoms with E-state index in [9.17, 15) is 14.9 Å². The molecule has 10 heteroatoms. The first kappa shape index (κ1) is 26.4. The highest BCUT2D eigenvalue weighted by atomic mass is 127. The van der Waals surface area contributed by atoms with Gasteiger partial charge in [-0.1, -0.05) is 23.9 Å². The lowest BCUT2D eigenvalue weighted by Gasteiger charge is -2.28. The van der Waals surface area contributed by atoms with E-state index in [4.69, 9.17) is 9.15 Å². The Hall–Kier alpha value is -3.69. The molecule has 0 fully saturated rings. The lowest BCUT2D eigenvalue weighted by atomic mass is 9.85. The number of allylic oxidation sites excluding steroid dienone is 2. The van der Waals surface area contributed by atoms with Crippen molar-refractivity contribution in [2.24, 2.45) is 0 Å². The number of carbonyl (C=O) groups is 2. The summed E-state index contributed by atoms with van der Waals surface area (Å²) in [5.41, 5.74) is 2.37. The van der Waals surface area contributed by atoms with Gasteiger partial charge in [0, 0.05) is 15.0 Å². The number of amides is 2. The van der Waals surface area contributed by atoms with Crippen molar-refractivity contribution in [2.45, 2.75) is 12.8 Å². The minimum atomic E-state index is -0.752. The lowest BCUT2D eigenvalue weighted by Crippen LogP contribution is -2.31. The number of hydrogen-bond acceptors (Lipinski definition) is 7. The van der Waals surface area contributed by atoms with Crippen LogP contribution in [0.15, 0.2) is 93.2 Å². The summed E-state index contributed by atoms with van der Waals surface area (Å²) < 4.78 is 12.1. The van der Waals surface area contributed by atoms with Gasteiger partial charge in [0.05, 0.1) is 53.0 Å². The Kier molecular flexibility index (Phi) is 8.58. The van der Waals surface area contributed by atoms with Crippen molar-refractivity contribution in [1.29, 1.82) is 5.26 Å². The van der Waals surface area contributed by atoms with Gasteiger partial charge in [0.1, 0.15) is 11.5 Å². The Morgan fingerprint density at radius 1 is 1.14 bits per heavy atom. The Morgan fingerprint density at radius 2 is 1.89 bits per heavy atom. The van der Waals surface area contributed by atoms with Crippen LogP contribution in [0.3, 0.4) is 0 Å². The van der Waals surface area contributed by atoms with E-state index in [1.165, 1.54) is 25.1 Å². The number of rotatable bonds is 8. The number of furan rings is 1. The number of ether oxygens (including phenoxy) is 1. The Bertz CT molecular complexity index is 1410. The van der Waals surface area contributed by atoms with Crippen LogP contribution in [0.1, 0.15) is 18.6 Å².